The summed E-state index contributed by atoms with van der Waals surface area (Å²) >= 11 is 0. The summed E-state index contributed by atoms with van der Waals surface area (Å²) in [5.74, 6) is 0.568. The van der Waals surface area contributed by atoms with Crippen LogP contribution in [0.5, 0.6) is 5.75 Å². The van der Waals surface area contributed by atoms with Crippen molar-refractivity contribution in [2.75, 3.05) is 26.7 Å². The van der Waals surface area contributed by atoms with E-state index in [1.807, 2.05) is 38.1 Å². The van der Waals surface area contributed by atoms with Gasteiger partial charge in [0.25, 0.3) is 5.91 Å². The summed E-state index contributed by atoms with van der Waals surface area (Å²) in [7, 11) is 1.61. The summed E-state index contributed by atoms with van der Waals surface area (Å²) in [5, 5.41) is 9.95. The summed E-state index contributed by atoms with van der Waals surface area (Å²) in [6, 6.07) is 7.58. The van der Waals surface area contributed by atoms with Crippen LogP contribution in [-0.4, -0.2) is 59.6 Å². The topological polar surface area (TPSA) is 70.1 Å². The van der Waals surface area contributed by atoms with Gasteiger partial charge in [0.2, 0.25) is 5.91 Å². The fourth-order valence-electron chi connectivity index (χ4n) is 2.77. The number of rotatable bonds is 6. The van der Waals surface area contributed by atoms with Crippen molar-refractivity contribution in [2.24, 2.45) is 5.92 Å². The zero-order chi connectivity index (χ0) is 17.7. The van der Waals surface area contributed by atoms with E-state index < -0.39 is 6.10 Å². The van der Waals surface area contributed by atoms with E-state index in [1.54, 1.807) is 12.0 Å². The van der Waals surface area contributed by atoms with Crippen LogP contribution in [0.25, 0.3) is 0 Å². The predicted molar refractivity (Wildman–Crippen MR) is 90.5 cm³/mol. The van der Waals surface area contributed by atoms with Gasteiger partial charge < -0.3 is 19.6 Å². The molecule has 2 rings (SSSR count). The average Bonchev–Trinajstić information content (AvgIpc) is 2.56. The molecule has 0 spiro atoms. The van der Waals surface area contributed by atoms with E-state index >= 15 is 0 Å². The third kappa shape index (κ3) is 4.71. The molecule has 0 bridgehead atoms. The maximum absolute atomic E-state index is 12.3. The Kier molecular flexibility index (Phi) is 6.20. The van der Waals surface area contributed by atoms with E-state index in [1.165, 1.54) is 4.90 Å². The molecule has 6 heteroatoms. The number of carbonyl (C=O) groups excluding carboxylic acids is 2. The normalized spacial score (nSPS) is 16.5. The highest BCUT2D eigenvalue weighted by Crippen LogP contribution is 2.16. The maximum atomic E-state index is 12.3. The number of hydrogen-bond acceptors (Lipinski definition) is 4. The molecule has 1 fully saturated rings. The molecule has 1 aliphatic heterocycles. The number of carbonyl (C=O) groups is 2. The molecular formula is C18H26N2O4. The minimum absolute atomic E-state index is 0.0319. The Labute approximate surface area is 143 Å². The first-order valence-corrected chi connectivity index (χ1v) is 8.28. The standard InChI is InChI=1S/C18H26N2O4/c1-13(2)10-16(21)18(23)20-9-8-19(17(22)12-20)11-14-4-6-15(24-3)7-5-14/h4-7,13,16,21H,8-12H2,1-3H3. The largest absolute Gasteiger partial charge is 0.497 e. The quantitative estimate of drug-likeness (QED) is 0.851. The molecule has 6 nitrogen and oxygen atoms in total. The molecular weight excluding hydrogens is 308 g/mol. The van der Waals surface area contributed by atoms with Crippen LogP contribution in [0, 0.1) is 5.92 Å². The van der Waals surface area contributed by atoms with Gasteiger partial charge in [-0.3, -0.25) is 9.59 Å². The lowest BCUT2D eigenvalue weighted by Crippen LogP contribution is -2.54. The van der Waals surface area contributed by atoms with E-state index in [0.717, 1.165) is 11.3 Å². The predicted octanol–water partition coefficient (Wildman–Crippen LogP) is 1.27. The summed E-state index contributed by atoms with van der Waals surface area (Å²) in [4.78, 5) is 27.7. The molecule has 1 unspecified atom stereocenters. The van der Waals surface area contributed by atoms with Gasteiger partial charge in [0.15, 0.2) is 0 Å². The van der Waals surface area contributed by atoms with Crippen LogP contribution in [0.4, 0.5) is 0 Å². The fourth-order valence-corrected chi connectivity index (χ4v) is 2.77. The van der Waals surface area contributed by atoms with Gasteiger partial charge in [-0.1, -0.05) is 26.0 Å². The van der Waals surface area contributed by atoms with Crippen molar-refractivity contribution in [3.05, 3.63) is 29.8 Å². The van der Waals surface area contributed by atoms with Crippen molar-refractivity contribution >= 4 is 11.8 Å². The molecule has 2 amide bonds. The van der Waals surface area contributed by atoms with Crippen molar-refractivity contribution in [1.82, 2.24) is 9.80 Å². The first-order chi connectivity index (χ1) is 11.4. The van der Waals surface area contributed by atoms with Gasteiger partial charge in [-0.15, -0.1) is 0 Å². The van der Waals surface area contributed by atoms with E-state index in [-0.39, 0.29) is 24.3 Å². The van der Waals surface area contributed by atoms with Crippen LogP contribution in [0.2, 0.25) is 0 Å². The molecule has 1 saturated heterocycles. The highest BCUT2D eigenvalue weighted by molar-refractivity contribution is 5.88. The Bertz CT molecular complexity index is 571. The molecule has 1 heterocycles. The Morgan fingerprint density at radius 1 is 1.25 bits per heavy atom. The Morgan fingerprint density at radius 3 is 2.46 bits per heavy atom. The molecule has 24 heavy (non-hydrogen) atoms. The fraction of sp³-hybridized carbons (Fsp3) is 0.556. The molecule has 0 radical (unpaired) electrons. The van der Waals surface area contributed by atoms with Crippen LogP contribution < -0.4 is 4.74 Å². The monoisotopic (exact) mass is 334 g/mol. The number of nitrogens with zero attached hydrogens (tertiary/aromatic N) is 2. The van der Waals surface area contributed by atoms with Gasteiger partial charge in [0, 0.05) is 19.6 Å². The molecule has 1 aromatic rings. The van der Waals surface area contributed by atoms with E-state index in [0.29, 0.717) is 26.1 Å². The summed E-state index contributed by atoms with van der Waals surface area (Å²) in [6.45, 7) is 5.38. The first-order valence-electron chi connectivity index (χ1n) is 8.28. The molecule has 1 aromatic carbocycles. The summed E-state index contributed by atoms with van der Waals surface area (Å²) < 4.78 is 5.12. The van der Waals surface area contributed by atoms with Gasteiger partial charge in [-0.05, 0) is 30.0 Å². The minimum atomic E-state index is -1.02. The average molecular weight is 334 g/mol. The molecule has 132 valence electrons. The smallest absolute Gasteiger partial charge is 0.251 e. The number of piperazine rings is 1. The van der Waals surface area contributed by atoms with Gasteiger partial charge >= 0.3 is 0 Å². The van der Waals surface area contributed by atoms with Crippen molar-refractivity contribution in [1.29, 1.82) is 0 Å². The van der Waals surface area contributed by atoms with Crippen molar-refractivity contribution in [3.63, 3.8) is 0 Å². The zero-order valence-corrected chi connectivity index (χ0v) is 14.6. The third-order valence-electron chi connectivity index (χ3n) is 4.14. The van der Waals surface area contributed by atoms with Crippen LogP contribution in [0.15, 0.2) is 24.3 Å². The van der Waals surface area contributed by atoms with Crippen LogP contribution in [-0.2, 0) is 16.1 Å². The highest BCUT2D eigenvalue weighted by atomic mass is 16.5. The number of aliphatic hydroxyl groups excluding tert-OH is 1. The highest BCUT2D eigenvalue weighted by Gasteiger charge is 2.30. The molecule has 1 aliphatic rings. The second-order valence-corrected chi connectivity index (χ2v) is 6.57. The molecule has 1 N–H and O–H groups in total. The second-order valence-electron chi connectivity index (χ2n) is 6.57. The molecule has 0 saturated carbocycles. The lowest BCUT2D eigenvalue weighted by Gasteiger charge is -2.35. The van der Waals surface area contributed by atoms with Crippen LogP contribution in [0.1, 0.15) is 25.8 Å². The lowest BCUT2D eigenvalue weighted by molar-refractivity contribution is -0.151. The summed E-state index contributed by atoms with van der Waals surface area (Å²) in [6.07, 6.45) is -0.607. The van der Waals surface area contributed by atoms with Crippen molar-refractivity contribution in [2.45, 2.75) is 32.9 Å². The minimum Gasteiger partial charge on any atom is -0.497 e. The van der Waals surface area contributed by atoms with E-state index in [4.69, 9.17) is 4.74 Å². The van der Waals surface area contributed by atoms with Gasteiger partial charge in [0.05, 0.1) is 13.7 Å². The Balaban J connectivity index is 1.90. The maximum Gasteiger partial charge on any atom is 0.251 e. The number of methoxy groups -OCH3 is 1. The van der Waals surface area contributed by atoms with Gasteiger partial charge in [-0.2, -0.15) is 0 Å². The van der Waals surface area contributed by atoms with Crippen molar-refractivity contribution < 1.29 is 19.4 Å². The van der Waals surface area contributed by atoms with Gasteiger partial charge in [0.1, 0.15) is 11.9 Å². The molecule has 1 atom stereocenters. The Hall–Kier alpha value is -2.08. The summed E-state index contributed by atoms with van der Waals surface area (Å²) in [5.41, 5.74) is 1.02. The second kappa shape index (κ2) is 8.15. The number of aliphatic hydroxyl groups is 1. The number of ether oxygens (including phenoxy) is 1. The Morgan fingerprint density at radius 2 is 1.92 bits per heavy atom. The van der Waals surface area contributed by atoms with E-state index in [2.05, 4.69) is 0 Å². The van der Waals surface area contributed by atoms with Gasteiger partial charge in [-0.25, -0.2) is 0 Å². The van der Waals surface area contributed by atoms with Crippen molar-refractivity contribution in [3.8, 4) is 5.75 Å². The molecule has 0 aliphatic carbocycles. The molecule has 0 aromatic heterocycles. The van der Waals surface area contributed by atoms with Crippen LogP contribution in [0.3, 0.4) is 0 Å². The SMILES string of the molecule is COc1ccc(CN2CCN(C(=O)C(O)CC(C)C)CC2=O)cc1. The lowest BCUT2D eigenvalue weighted by atomic mass is 10.0. The zero-order valence-electron chi connectivity index (χ0n) is 14.6. The number of amides is 2. The van der Waals surface area contributed by atoms with Crippen LogP contribution >= 0.6 is 0 Å². The third-order valence-corrected chi connectivity index (χ3v) is 4.14. The first kappa shape index (κ1) is 18.3. The number of hydrogen-bond donors (Lipinski definition) is 1. The number of benzene rings is 1. The van der Waals surface area contributed by atoms with E-state index in [9.17, 15) is 14.7 Å².